The first-order valence-corrected chi connectivity index (χ1v) is 5.27. The zero-order valence-corrected chi connectivity index (χ0v) is 9.31. The SMILES string of the molecule is Cl.OCC1(C2CCOCC2)CCNC1. The van der Waals surface area contributed by atoms with E-state index in [0.717, 1.165) is 45.6 Å². The fourth-order valence-corrected chi connectivity index (χ4v) is 2.69. The van der Waals surface area contributed by atoms with E-state index in [2.05, 4.69) is 5.32 Å². The van der Waals surface area contributed by atoms with Crippen LogP contribution in [-0.2, 0) is 4.74 Å². The van der Waals surface area contributed by atoms with Gasteiger partial charge in [-0.1, -0.05) is 0 Å². The van der Waals surface area contributed by atoms with E-state index in [4.69, 9.17) is 4.74 Å². The lowest BCUT2D eigenvalue weighted by Gasteiger charge is -2.37. The minimum Gasteiger partial charge on any atom is -0.396 e. The van der Waals surface area contributed by atoms with Gasteiger partial charge in [0.15, 0.2) is 0 Å². The molecular formula is C10H20ClNO2. The van der Waals surface area contributed by atoms with E-state index in [1.807, 2.05) is 0 Å². The highest BCUT2D eigenvalue weighted by Gasteiger charge is 2.41. The summed E-state index contributed by atoms with van der Waals surface area (Å²) < 4.78 is 5.35. The van der Waals surface area contributed by atoms with Crippen LogP contribution in [0, 0.1) is 11.3 Å². The van der Waals surface area contributed by atoms with E-state index in [1.54, 1.807) is 0 Å². The van der Waals surface area contributed by atoms with Crippen molar-refractivity contribution in [2.24, 2.45) is 11.3 Å². The maximum atomic E-state index is 9.49. The molecule has 2 fully saturated rings. The molecule has 0 aromatic heterocycles. The fourth-order valence-electron chi connectivity index (χ4n) is 2.69. The Kier molecular flexibility index (Phi) is 4.64. The fraction of sp³-hybridized carbons (Fsp3) is 1.00. The van der Waals surface area contributed by atoms with Crippen molar-refractivity contribution in [3.8, 4) is 0 Å². The second-order valence-corrected chi connectivity index (χ2v) is 4.33. The molecule has 2 heterocycles. The maximum absolute atomic E-state index is 9.49. The third-order valence-corrected chi connectivity index (χ3v) is 3.68. The Morgan fingerprint density at radius 1 is 1.36 bits per heavy atom. The minimum absolute atomic E-state index is 0. The van der Waals surface area contributed by atoms with Gasteiger partial charge in [-0.25, -0.2) is 0 Å². The normalized spacial score (nSPS) is 34.1. The predicted octanol–water partition coefficient (Wildman–Crippen LogP) is 0.807. The number of ether oxygens (including phenoxy) is 1. The van der Waals surface area contributed by atoms with Crippen molar-refractivity contribution in [2.45, 2.75) is 19.3 Å². The molecule has 0 aromatic carbocycles. The van der Waals surface area contributed by atoms with Gasteiger partial charge in [0.1, 0.15) is 0 Å². The van der Waals surface area contributed by atoms with Gasteiger partial charge in [0.05, 0.1) is 6.61 Å². The lowest BCUT2D eigenvalue weighted by molar-refractivity contribution is -0.00802. The van der Waals surface area contributed by atoms with Crippen LogP contribution in [0.2, 0.25) is 0 Å². The van der Waals surface area contributed by atoms with Crippen LogP contribution in [0.4, 0.5) is 0 Å². The van der Waals surface area contributed by atoms with Gasteiger partial charge in [0.25, 0.3) is 0 Å². The smallest absolute Gasteiger partial charge is 0.0502 e. The van der Waals surface area contributed by atoms with E-state index in [-0.39, 0.29) is 17.8 Å². The molecule has 14 heavy (non-hydrogen) atoms. The van der Waals surface area contributed by atoms with E-state index < -0.39 is 0 Å². The number of halogens is 1. The zero-order valence-electron chi connectivity index (χ0n) is 8.50. The first kappa shape index (κ1) is 12.2. The van der Waals surface area contributed by atoms with E-state index in [0.29, 0.717) is 12.5 Å². The predicted molar refractivity (Wildman–Crippen MR) is 57.8 cm³/mol. The third-order valence-electron chi connectivity index (χ3n) is 3.68. The van der Waals surface area contributed by atoms with Gasteiger partial charge in [0.2, 0.25) is 0 Å². The molecule has 0 saturated carbocycles. The molecule has 2 aliphatic heterocycles. The monoisotopic (exact) mass is 221 g/mol. The summed E-state index contributed by atoms with van der Waals surface area (Å²) in [5, 5.41) is 12.8. The Hall–Kier alpha value is 0.170. The highest BCUT2D eigenvalue weighted by Crippen LogP contribution is 2.39. The first-order chi connectivity index (χ1) is 6.37. The first-order valence-electron chi connectivity index (χ1n) is 5.27. The van der Waals surface area contributed by atoms with Crippen LogP contribution in [0.5, 0.6) is 0 Å². The van der Waals surface area contributed by atoms with Crippen molar-refractivity contribution < 1.29 is 9.84 Å². The summed E-state index contributed by atoms with van der Waals surface area (Å²) in [4.78, 5) is 0. The van der Waals surface area contributed by atoms with Crippen molar-refractivity contribution in [1.29, 1.82) is 0 Å². The number of rotatable bonds is 2. The maximum Gasteiger partial charge on any atom is 0.0502 e. The molecule has 1 unspecified atom stereocenters. The van der Waals surface area contributed by atoms with Gasteiger partial charge >= 0.3 is 0 Å². The lowest BCUT2D eigenvalue weighted by atomic mass is 9.71. The highest BCUT2D eigenvalue weighted by molar-refractivity contribution is 5.85. The molecule has 2 saturated heterocycles. The van der Waals surface area contributed by atoms with Crippen LogP contribution < -0.4 is 5.32 Å². The lowest BCUT2D eigenvalue weighted by Crippen LogP contribution is -2.39. The number of hydrogen-bond acceptors (Lipinski definition) is 3. The van der Waals surface area contributed by atoms with Gasteiger partial charge in [-0.3, -0.25) is 0 Å². The molecule has 0 amide bonds. The van der Waals surface area contributed by atoms with Crippen molar-refractivity contribution >= 4 is 12.4 Å². The molecule has 2 aliphatic rings. The molecule has 0 aromatic rings. The minimum atomic E-state index is 0. The zero-order chi connectivity index (χ0) is 9.15. The number of aliphatic hydroxyl groups excluding tert-OH is 1. The Bertz CT molecular complexity index is 166. The average molecular weight is 222 g/mol. The standard InChI is InChI=1S/C10H19NO2.ClH/c12-8-10(3-4-11-7-10)9-1-5-13-6-2-9;/h9,11-12H,1-8H2;1H. The van der Waals surface area contributed by atoms with E-state index >= 15 is 0 Å². The molecular weight excluding hydrogens is 202 g/mol. The molecule has 0 bridgehead atoms. The Morgan fingerprint density at radius 2 is 2.07 bits per heavy atom. The molecule has 0 spiro atoms. The number of aliphatic hydroxyl groups is 1. The van der Waals surface area contributed by atoms with Gasteiger partial charge in [-0.2, -0.15) is 0 Å². The molecule has 2 rings (SSSR count). The van der Waals surface area contributed by atoms with Crippen molar-refractivity contribution in [3.05, 3.63) is 0 Å². The Labute approximate surface area is 91.6 Å². The second kappa shape index (κ2) is 5.31. The van der Waals surface area contributed by atoms with Gasteiger partial charge in [0, 0.05) is 25.2 Å². The van der Waals surface area contributed by atoms with E-state index in [1.165, 1.54) is 0 Å². The van der Waals surface area contributed by atoms with Crippen LogP contribution in [0.1, 0.15) is 19.3 Å². The summed E-state index contributed by atoms with van der Waals surface area (Å²) in [6, 6.07) is 0. The van der Waals surface area contributed by atoms with Crippen LogP contribution >= 0.6 is 12.4 Å². The Balaban J connectivity index is 0.000000980. The Morgan fingerprint density at radius 3 is 2.57 bits per heavy atom. The van der Waals surface area contributed by atoms with E-state index in [9.17, 15) is 5.11 Å². The number of hydrogen-bond donors (Lipinski definition) is 2. The van der Waals surface area contributed by atoms with Crippen molar-refractivity contribution in [2.75, 3.05) is 32.9 Å². The molecule has 0 aliphatic carbocycles. The molecule has 2 N–H and O–H groups in total. The van der Waals surface area contributed by atoms with Gasteiger partial charge in [-0.05, 0) is 31.7 Å². The largest absolute Gasteiger partial charge is 0.396 e. The molecule has 3 nitrogen and oxygen atoms in total. The topological polar surface area (TPSA) is 41.5 Å². The molecule has 84 valence electrons. The van der Waals surface area contributed by atoms with Crippen LogP contribution in [0.25, 0.3) is 0 Å². The average Bonchev–Trinajstić information content (AvgIpc) is 2.69. The highest BCUT2D eigenvalue weighted by atomic mass is 35.5. The number of nitrogens with one attached hydrogen (secondary N) is 1. The van der Waals surface area contributed by atoms with Gasteiger partial charge < -0.3 is 15.2 Å². The summed E-state index contributed by atoms with van der Waals surface area (Å²) in [5.74, 6) is 0.668. The summed E-state index contributed by atoms with van der Waals surface area (Å²) in [5.41, 5.74) is 0.170. The van der Waals surface area contributed by atoms with Crippen LogP contribution in [0.3, 0.4) is 0 Å². The van der Waals surface area contributed by atoms with Crippen LogP contribution in [-0.4, -0.2) is 38.0 Å². The molecule has 0 radical (unpaired) electrons. The summed E-state index contributed by atoms with van der Waals surface area (Å²) in [6.45, 7) is 4.16. The summed E-state index contributed by atoms with van der Waals surface area (Å²) >= 11 is 0. The van der Waals surface area contributed by atoms with Crippen molar-refractivity contribution in [1.82, 2.24) is 5.32 Å². The summed E-state index contributed by atoms with van der Waals surface area (Å²) in [6.07, 6.45) is 3.39. The second-order valence-electron chi connectivity index (χ2n) is 4.33. The quantitative estimate of drug-likeness (QED) is 0.725. The molecule has 4 heteroatoms. The summed E-state index contributed by atoms with van der Waals surface area (Å²) in [7, 11) is 0. The third kappa shape index (κ3) is 2.22. The van der Waals surface area contributed by atoms with Gasteiger partial charge in [-0.15, -0.1) is 12.4 Å². The van der Waals surface area contributed by atoms with Crippen molar-refractivity contribution in [3.63, 3.8) is 0 Å². The molecule has 1 atom stereocenters. The van der Waals surface area contributed by atoms with Crippen LogP contribution in [0.15, 0.2) is 0 Å².